The summed E-state index contributed by atoms with van der Waals surface area (Å²) in [5.41, 5.74) is 2.64. The Balaban J connectivity index is 1.56. The molecule has 7 heteroatoms. The summed E-state index contributed by atoms with van der Waals surface area (Å²) in [4.78, 5) is 31.1. The van der Waals surface area contributed by atoms with E-state index in [1.807, 2.05) is 66.2 Å². The van der Waals surface area contributed by atoms with Crippen molar-refractivity contribution in [3.05, 3.63) is 65.0 Å². The number of hydrogen-bond acceptors (Lipinski definition) is 4. The molecular formula is C25H27N5O2. The predicted molar refractivity (Wildman–Crippen MR) is 127 cm³/mol. The lowest BCUT2D eigenvalue weighted by Crippen LogP contribution is -2.40. The van der Waals surface area contributed by atoms with Crippen LogP contribution in [0.4, 0.5) is 5.95 Å². The van der Waals surface area contributed by atoms with Crippen LogP contribution in [-0.2, 0) is 11.8 Å². The number of carbonyl (C=O) groups is 1. The standard InChI is InChI=1S/C25H27N5O2/c1-29-20-15-9-8-14-19(20)22-23(29)24(32)30(18-12-6-3-7-13-18)25(28-22)26-16-21(31)27-17-10-4-2-5-11-17/h3,6-9,12-15,17H,2,4-5,10-11,16H2,1H3,(H,26,28)(H,27,31). The van der Waals surface area contributed by atoms with Gasteiger partial charge in [0.15, 0.2) is 0 Å². The zero-order chi connectivity index (χ0) is 22.1. The van der Waals surface area contributed by atoms with Crippen LogP contribution >= 0.6 is 0 Å². The van der Waals surface area contributed by atoms with E-state index in [1.54, 1.807) is 4.57 Å². The fraction of sp³-hybridized carbons (Fsp3) is 0.320. The fourth-order valence-electron chi connectivity index (χ4n) is 4.71. The summed E-state index contributed by atoms with van der Waals surface area (Å²) >= 11 is 0. The molecule has 0 saturated heterocycles. The Morgan fingerprint density at radius 1 is 1.03 bits per heavy atom. The molecule has 0 spiro atoms. The SMILES string of the molecule is Cn1c2ccccc2c2nc(NCC(=O)NC3CCCCC3)n(-c3ccccc3)c(=O)c21. The smallest absolute Gasteiger partial charge is 0.284 e. The van der Waals surface area contributed by atoms with Gasteiger partial charge in [0.05, 0.1) is 17.7 Å². The van der Waals surface area contributed by atoms with Gasteiger partial charge in [-0.2, -0.15) is 0 Å². The van der Waals surface area contributed by atoms with Crippen LogP contribution in [-0.4, -0.2) is 32.6 Å². The molecule has 0 radical (unpaired) electrons. The molecule has 5 rings (SSSR count). The van der Waals surface area contributed by atoms with Gasteiger partial charge in [0.2, 0.25) is 11.9 Å². The van der Waals surface area contributed by atoms with E-state index >= 15 is 0 Å². The van der Waals surface area contributed by atoms with Crippen molar-refractivity contribution in [1.29, 1.82) is 0 Å². The largest absolute Gasteiger partial charge is 0.352 e. The molecule has 2 aromatic carbocycles. The molecule has 2 aromatic heterocycles. The third-order valence-electron chi connectivity index (χ3n) is 6.31. The molecular weight excluding hydrogens is 402 g/mol. The number of hydrogen-bond donors (Lipinski definition) is 2. The zero-order valence-electron chi connectivity index (χ0n) is 18.2. The Morgan fingerprint density at radius 3 is 2.53 bits per heavy atom. The zero-order valence-corrected chi connectivity index (χ0v) is 18.2. The Morgan fingerprint density at radius 2 is 1.75 bits per heavy atom. The number of carbonyl (C=O) groups excluding carboxylic acids is 1. The van der Waals surface area contributed by atoms with Crippen molar-refractivity contribution in [3.63, 3.8) is 0 Å². The number of fused-ring (bicyclic) bond motifs is 3. The van der Waals surface area contributed by atoms with Crippen LogP contribution in [0.1, 0.15) is 32.1 Å². The van der Waals surface area contributed by atoms with Crippen molar-refractivity contribution in [2.45, 2.75) is 38.1 Å². The van der Waals surface area contributed by atoms with Crippen LogP contribution in [0.25, 0.3) is 27.6 Å². The average Bonchev–Trinajstić information content (AvgIpc) is 3.11. The first-order valence-electron chi connectivity index (χ1n) is 11.2. The lowest BCUT2D eigenvalue weighted by atomic mass is 9.95. The van der Waals surface area contributed by atoms with E-state index in [-0.39, 0.29) is 24.1 Å². The maximum absolute atomic E-state index is 13.7. The van der Waals surface area contributed by atoms with Crippen LogP contribution in [0.5, 0.6) is 0 Å². The quantitative estimate of drug-likeness (QED) is 0.506. The molecule has 0 unspecified atom stereocenters. The minimum Gasteiger partial charge on any atom is -0.352 e. The Hall–Kier alpha value is -3.61. The topological polar surface area (TPSA) is 81.0 Å². The van der Waals surface area contributed by atoms with Gasteiger partial charge in [-0.05, 0) is 31.0 Å². The Labute approximate surface area is 186 Å². The van der Waals surface area contributed by atoms with E-state index in [1.165, 1.54) is 6.42 Å². The van der Waals surface area contributed by atoms with E-state index in [0.29, 0.717) is 22.7 Å². The highest BCUT2D eigenvalue weighted by molar-refractivity contribution is 6.05. The number of aryl methyl sites for hydroxylation is 1. The summed E-state index contributed by atoms with van der Waals surface area (Å²) in [5.74, 6) is 0.285. The second kappa shape index (κ2) is 8.49. The predicted octanol–water partition coefficient (Wildman–Crippen LogP) is 3.74. The average molecular weight is 430 g/mol. The third kappa shape index (κ3) is 3.64. The van der Waals surface area contributed by atoms with Crippen LogP contribution < -0.4 is 16.2 Å². The van der Waals surface area contributed by atoms with Gasteiger partial charge < -0.3 is 15.2 Å². The summed E-state index contributed by atoms with van der Waals surface area (Å²) in [5, 5.41) is 7.17. The van der Waals surface area contributed by atoms with Gasteiger partial charge in [-0.3, -0.25) is 9.59 Å². The van der Waals surface area contributed by atoms with Gasteiger partial charge >= 0.3 is 0 Å². The summed E-state index contributed by atoms with van der Waals surface area (Å²) in [6.07, 6.45) is 5.61. The summed E-state index contributed by atoms with van der Waals surface area (Å²) in [6.45, 7) is 0.0616. The number of anilines is 1. The summed E-state index contributed by atoms with van der Waals surface area (Å²) in [7, 11) is 1.88. The maximum atomic E-state index is 13.7. The fourth-order valence-corrected chi connectivity index (χ4v) is 4.71. The number of rotatable bonds is 5. The van der Waals surface area contributed by atoms with Crippen LogP contribution in [0.15, 0.2) is 59.4 Å². The van der Waals surface area contributed by atoms with Crippen molar-refractivity contribution in [2.24, 2.45) is 7.05 Å². The Kier molecular flexibility index (Phi) is 5.39. The van der Waals surface area contributed by atoms with Crippen molar-refractivity contribution in [2.75, 3.05) is 11.9 Å². The van der Waals surface area contributed by atoms with E-state index in [4.69, 9.17) is 4.98 Å². The second-order valence-electron chi connectivity index (χ2n) is 8.44. The molecule has 0 bridgehead atoms. The molecule has 1 aliphatic rings. The number of nitrogens with zero attached hydrogens (tertiary/aromatic N) is 3. The molecule has 7 nitrogen and oxygen atoms in total. The van der Waals surface area contributed by atoms with Gasteiger partial charge in [-0.1, -0.05) is 55.7 Å². The molecule has 1 aliphatic carbocycles. The number of para-hydroxylation sites is 2. The molecule has 1 amide bonds. The van der Waals surface area contributed by atoms with Gasteiger partial charge in [-0.15, -0.1) is 0 Å². The first kappa shape index (κ1) is 20.3. The van der Waals surface area contributed by atoms with Gasteiger partial charge in [0, 0.05) is 18.5 Å². The molecule has 164 valence electrons. The minimum absolute atomic E-state index is 0.0616. The number of amides is 1. The molecule has 4 aromatic rings. The lowest BCUT2D eigenvalue weighted by molar-refractivity contribution is -0.120. The lowest BCUT2D eigenvalue weighted by Gasteiger charge is -2.23. The molecule has 1 fully saturated rings. The molecule has 2 N–H and O–H groups in total. The number of aromatic nitrogens is 3. The van der Waals surface area contributed by atoms with E-state index in [9.17, 15) is 9.59 Å². The molecule has 0 aliphatic heterocycles. The van der Waals surface area contributed by atoms with Crippen molar-refractivity contribution in [1.82, 2.24) is 19.4 Å². The van der Waals surface area contributed by atoms with Crippen molar-refractivity contribution < 1.29 is 4.79 Å². The number of nitrogens with one attached hydrogen (secondary N) is 2. The number of benzene rings is 2. The minimum atomic E-state index is -0.171. The van der Waals surface area contributed by atoms with Crippen LogP contribution in [0, 0.1) is 0 Å². The monoisotopic (exact) mass is 429 g/mol. The van der Waals surface area contributed by atoms with E-state index in [2.05, 4.69) is 10.6 Å². The first-order valence-corrected chi connectivity index (χ1v) is 11.2. The maximum Gasteiger partial charge on any atom is 0.284 e. The highest BCUT2D eigenvalue weighted by Gasteiger charge is 2.20. The van der Waals surface area contributed by atoms with E-state index < -0.39 is 0 Å². The molecule has 32 heavy (non-hydrogen) atoms. The summed E-state index contributed by atoms with van der Waals surface area (Å²) < 4.78 is 3.44. The van der Waals surface area contributed by atoms with Gasteiger partial charge in [0.1, 0.15) is 11.0 Å². The molecule has 2 heterocycles. The van der Waals surface area contributed by atoms with Crippen molar-refractivity contribution in [3.8, 4) is 5.69 Å². The third-order valence-corrected chi connectivity index (χ3v) is 6.31. The Bertz CT molecular complexity index is 1330. The van der Waals surface area contributed by atoms with E-state index in [0.717, 1.165) is 36.6 Å². The first-order chi connectivity index (χ1) is 15.6. The second-order valence-corrected chi connectivity index (χ2v) is 8.44. The highest BCUT2D eigenvalue weighted by Crippen LogP contribution is 2.26. The van der Waals surface area contributed by atoms with Crippen molar-refractivity contribution >= 4 is 33.8 Å². The normalized spacial score (nSPS) is 14.7. The molecule has 0 atom stereocenters. The summed E-state index contributed by atoms with van der Waals surface area (Å²) in [6, 6.07) is 17.5. The molecule has 1 saturated carbocycles. The van der Waals surface area contributed by atoms with Crippen LogP contribution in [0.3, 0.4) is 0 Å². The van der Waals surface area contributed by atoms with Crippen LogP contribution in [0.2, 0.25) is 0 Å². The van der Waals surface area contributed by atoms with Gasteiger partial charge in [-0.25, -0.2) is 9.55 Å². The van der Waals surface area contributed by atoms with Gasteiger partial charge in [0.25, 0.3) is 5.56 Å². The highest BCUT2D eigenvalue weighted by atomic mass is 16.2.